The van der Waals surface area contributed by atoms with E-state index in [1.54, 1.807) is 6.92 Å². The molecular weight excluding hydrogens is 145 g/mol. The molecule has 2 N–H and O–H groups in total. The monoisotopic (exact) mass is 155 g/mol. The van der Waals surface area contributed by atoms with Gasteiger partial charge in [0.15, 0.2) is 5.82 Å². The van der Waals surface area contributed by atoms with Crippen molar-refractivity contribution < 1.29 is 4.39 Å². The van der Waals surface area contributed by atoms with Crippen LogP contribution in [0.2, 0.25) is 0 Å². The zero-order valence-electron chi connectivity index (χ0n) is 6.34. The molecule has 4 heteroatoms. The predicted molar refractivity (Wildman–Crippen MR) is 39.5 cm³/mol. The van der Waals surface area contributed by atoms with E-state index in [2.05, 4.69) is 9.97 Å². The Morgan fingerprint density at radius 2 is 2.27 bits per heavy atom. The van der Waals surface area contributed by atoms with Crippen LogP contribution in [0.15, 0.2) is 6.33 Å². The van der Waals surface area contributed by atoms with Crippen LogP contribution in [0.4, 0.5) is 4.39 Å². The van der Waals surface area contributed by atoms with Gasteiger partial charge in [-0.3, -0.25) is 0 Å². The van der Waals surface area contributed by atoms with Crippen LogP contribution in [0.3, 0.4) is 0 Å². The molecule has 0 aliphatic rings. The van der Waals surface area contributed by atoms with E-state index in [0.29, 0.717) is 24.4 Å². The summed E-state index contributed by atoms with van der Waals surface area (Å²) in [6.45, 7) is 2.02. The van der Waals surface area contributed by atoms with Gasteiger partial charge < -0.3 is 5.73 Å². The molecule has 0 atom stereocenters. The topological polar surface area (TPSA) is 51.8 Å². The fraction of sp³-hybridized carbons (Fsp3) is 0.429. The summed E-state index contributed by atoms with van der Waals surface area (Å²) in [4.78, 5) is 7.46. The first-order chi connectivity index (χ1) is 5.25. The fourth-order valence-corrected chi connectivity index (χ4v) is 0.818. The molecule has 0 aliphatic carbocycles. The molecule has 1 aromatic heterocycles. The average Bonchev–Trinajstić information content (AvgIpc) is 1.99. The number of aryl methyl sites for hydroxylation is 1. The molecule has 0 unspecified atom stereocenters. The standard InChI is InChI=1S/C7H10FN3/c1-5-7(8)6(2-3-9)11-4-10-5/h4H,2-3,9H2,1H3. The van der Waals surface area contributed by atoms with E-state index >= 15 is 0 Å². The van der Waals surface area contributed by atoms with Crippen LogP contribution in [0, 0.1) is 12.7 Å². The summed E-state index contributed by atoms with van der Waals surface area (Å²) < 4.78 is 13.0. The van der Waals surface area contributed by atoms with Gasteiger partial charge in [0.05, 0.1) is 11.4 Å². The highest BCUT2D eigenvalue weighted by Gasteiger charge is 2.05. The Hall–Kier alpha value is -1.03. The van der Waals surface area contributed by atoms with Crippen LogP contribution >= 0.6 is 0 Å². The molecule has 0 aromatic carbocycles. The lowest BCUT2D eigenvalue weighted by Crippen LogP contribution is -2.08. The second kappa shape index (κ2) is 3.39. The predicted octanol–water partition coefficient (Wildman–Crippen LogP) is 0.425. The Bertz CT molecular complexity index is 249. The lowest BCUT2D eigenvalue weighted by Gasteiger charge is -2.00. The normalized spacial score (nSPS) is 10.1. The third-order valence-corrected chi connectivity index (χ3v) is 1.42. The SMILES string of the molecule is Cc1ncnc(CCN)c1F. The van der Waals surface area contributed by atoms with E-state index in [-0.39, 0.29) is 5.82 Å². The molecular formula is C7H10FN3. The van der Waals surface area contributed by atoms with Gasteiger partial charge in [0.25, 0.3) is 0 Å². The Labute approximate surface area is 64.5 Å². The minimum atomic E-state index is -0.335. The molecule has 60 valence electrons. The van der Waals surface area contributed by atoms with Crippen molar-refractivity contribution in [1.82, 2.24) is 9.97 Å². The number of nitrogens with two attached hydrogens (primary N) is 1. The van der Waals surface area contributed by atoms with E-state index in [9.17, 15) is 4.39 Å². The van der Waals surface area contributed by atoms with Crippen molar-refractivity contribution in [3.8, 4) is 0 Å². The van der Waals surface area contributed by atoms with Gasteiger partial charge >= 0.3 is 0 Å². The number of nitrogens with zero attached hydrogens (tertiary/aromatic N) is 2. The third-order valence-electron chi connectivity index (χ3n) is 1.42. The smallest absolute Gasteiger partial charge is 0.165 e. The summed E-state index contributed by atoms with van der Waals surface area (Å²) in [5.74, 6) is -0.335. The summed E-state index contributed by atoms with van der Waals surface area (Å²) >= 11 is 0. The zero-order chi connectivity index (χ0) is 8.27. The van der Waals surface area contributed by atoms with Crippen LogP contribution in [0.25, 0.3) is 0 Å². The molecule has 0 fully saturated rings. The van der Waals surface area contributed by atoms with Crippen molar-refractivity contribution in [2.45, 2.75) is 13.3 Å². The maximum Gasteiger partial charge on any atom is 0.165 e. The lowest BCUT2D eigenvalue weighted by molar-refractivity contribution is 0.578. The van der Waals surface area contributed by atoms with E-state index in [0.717, 1.165) is 0 Å². The van der Waals surface area contributed by atoms with Gasteiger partial charge in [0.2, 0.25) is 0 Å². The van der Waals surface area contributed by atoms with Crippen molar-refractivity contribution in [1.29, 1.82) is 0 Å². The number of hydrogen-bond donors (Lipinski definition) is 1. The highest BCUT2D eigenvalue weighted by molar-refractivity contribution is 5.10. The number of halogens is 1. The third kappa shape index (κ3) is 1.71. The lowest BCUT2D eigenvalue weighted by atomic mass is 10.2. The molecule has 11 heavy (non-hydrogen) atoms. The zero-order valence-corrected chi connectivity index (χ0v) is 6.34. The first-order valence-electron chi connectivity index (χ1n) is 3.41. The van der Waals surface area contributed by atoms with Gasteiger partial charge in [0.1, 0.15) is 6.33 Å². The van der Waals surface area contributed by atoms with Crippen LogP contribution < -0.4 is 5.73 Å². The molecule has 0 saturated carbocycles. The molecule has 0 spiro atoms. The number of hydrogen-bond acceptors (Lipinski definition) is 3. The van der Waals surface area contributed by atoms with Gasteiger partial charge in [0, 0.05) is 6.42 Å². The van der Waals surface area contributed by atoms with E-state index in [1.807, 2.05) is 0 Å². The molecule has 0 bridgehead atoms. The molecule has 0 aliphatic heterocycles. The summed E-state index contributed by atoms with van der Waals surface area (Å²) in [6, 6.07) is 0. The Balaban J connectivity index is 2.96. The van der Waals surface area contributed by atoms with E-state index in [4.69, 9.17) is 5.73 Å². The van der Waals surface area contributed by atoms with Gasteiger partial charge in [-0.05, 0) is 13.5 Å². The van der Waals surface area contributed by atoms with E-state index in [1.165, 1.54) is 6.33 Å². The molecule has 1 rings (SSSR count). The maximum absolute atomic E-state index is 13.0. The van der Waals surface area contributed by atoms with Crippen LogP contribution in [0.5, 0.6) is 0 Å². The van der Waals surface area contributed by atoms with Crippen LogP contribution in [0.1, 0.15) is 11.4 Å². The molecule has 0 saturated heterocycles. The van der Waals surface area contributed by atoms with Crippen molar-refractivity contribution in [3.63, 3.8) is 0 Å². The first kappa shape index (κ1) is 8.07. The first-order valence-corrected chi connectivity index (χ1v) is 3.41. The Kier molecular flexibility index (Phi) is 2.48. The summed E-state index contributed by atoms with van der Waals surface area (Å²) in [7, 11) is 0. The number of rotatable bonds is 2. The molecule has 1 heterocycles. The van der Waals surface area contributed by atoms with Crippen LogP contribution in [-0.2, 0) is 6.42 Å². The molecule has 3 nitrogen and oxygen atoms in total. The van der Waals surface area contributed by atoms with Gasteiger partial charge in [-0.2, -0.15) is 0 Å². The van der Waals surface area contributed by atoms with Gasteiger partial charge in [-0.15, -0.1) is 0 Å². The summed E-state index contributed by atoms with van der Waals surface area (Å²) in [5.41, 5.74) is 6.03. The summed E-state index contributed by atoms with van der Waals surface area (Å²) in [6.07, 6.45) is 1.82. The Morgan fingerprint density at radius 1 is 1.55 bits per heavy atom. The maximum atomic E-state index is 13.0. The van der Waals surface area contributed by atoms with Crippen molar-refractivity contribution in [2.24, 2.45) is 5.73 Å². The minimum Gasteiger partial charge on any atom is -0.330 e. The van der Waals surface area contributed by atoms with Crippen LogP contribution in [-0.4, -0.2) is 16.5 Å². The average molecular weight is 155 g/mol. The van der Waals surface area contributed by atoms with Gasteiger partial charge in [-0.1, -0.05) is 0 Å². The quantitative estimate of drug-likeness (QED) is 0.673. The number of aromatic nitrogens is 2. The van der Waals surface area contributed by atoms with Crippen molar-refractivity contribution >= 4 is 0 Å². The second-order valence-corrected chi connectivity index (χ2v) is 2.26. The highest BCUT2D eigenvalue weighted by atomic mass is 19.1. The summed E-state index contributed by atoms with van der Waals surface area (Å²) in [5, 5.41) is 0. The minimum absolute atomic E-state index is 0.335. The van der Waals surface area contributed by atoms with Crippen molar-refractivity contribution in [2.75, 3.05) is 6.54 Å². The van der Waals surface area contributed by atoms with E-state index < -0.39 is 0 Å². The highest BCUT2D eigenvalue weighted by Crippen LogP contribution is 2.05. The van der Waals surface area contributed by atoms with Crippen molar-refractivity contribution in [3.05, 3.63) is 23.5 Å². The molecule has 1 aromatic rings. The molecule has 0 radical (unpaired) electrons. The molecule has 0 amide bonds. The Morgan fingerprint density at radius 3 is 2.91 bits per heavy atom. The fourth-order valence-electron chi connectivity index (χ4n) is 0.818. The second-order valence-electron chi connectivity index (χ2n) is 2.26. The van der Waals surface area contributed by atoms with Gasteiger partial charge in [-0.25, -0.2) is 14.4 Å². The largest absolute Gasteiger partial charge is 0.330 e.